The number of nitrogens with two attached hydrogens (primary N) is 1. The number of carbonyl (C=O) groups excluding carboxylic acids is 2. The van der Waals surface area contributed by atoms with E-state index < -0.39 is 23.7 Å². The Morgan fingerprint density at radius 3 is 2.71 bits per heavy atom. The molecule has 0 spiro atoms. The predicted octanol–water partition coefficient (Wildman–Crippen LogP) is -0.862. The van der Waals surface area contributed by atoms with Crippen molar-refractivity contribution in [2.75, 3.05) is 6.54 Å². The summed E-state index contributed by atoms with van der Waals surface area (Å²) in [7, 11) is 0. The fraction of sp³-hybridized carbons (Fsp3) is 0.714. The number of hydrazine groups is 1. The van der Waals surface area contributed by atoms with Crippen LogP contribution in [0.25, 0.3) is 0 Å². The van der Waals surface area contributed by atoms with Crippen molar-refractivity contribution >= 4 is 11.8 Å². The van der Waals surface area contributed by atoms with Crippen molar-refractivity contribution in [3.8, 4) is 0 Å². The van der Waals surface area contributed by atoms with Gasteiger partial charge >= 0.3 is 0 Å². The quantitative estimate of drug-likeness (QED) is 0.238. The molecule has 0 radical (unpaired) electrons. The Morgan fingerprint density at radius 2 is 2.29 bits per heavy atom. The van der Waals surface area contributed by atoms with Crippen LogP contribution in [0.1, 0.15) is 12.8 Å². The fourth-order valence-corrected chi connectivity index (χ4v) is 1.49. The highest BCUT2D eigenvalue weighted by Crippen LogP contribution is 2.34. The van der Waals surface area contributed by atoms with E-state index >= 15 is 0 Å². The van der Waals surface area contributed by atoms with Gasteiger partial charge in [0, 0.05) is 6.54 Å². The molecule has 4 N–H and O–H groups in total. The van der Waals surface area contributed by atoms with E-state index in [4.69, 9.17) is 5.84 Å². The molecule has 2 amide bonds. The van der Waals surface area contributed by atoms with Crippen LogP contribution in [0.2, 0.25) is 0 Å². The number of nitrogens with one attached hydrogen (secondary N) is 2. The Bertz CT molecular complexity index is 249. The Labute approximate surface area is 79.0 Å². The van der Waals surface area contributed by atoms with Gasteiger partial charge in [0.05, 0.1) is 0 Å². The van der Waals surface area contributed by atoms with Gasteiger partial charge in [0.15, 0.2) is 5.41 Å². The van der Waals surface area contributed by atoms with Crippen molar-refractivity contribution in [3.05, 3.63) is 0 Å². The number of hydrogen-bond donors (Lipinski definition) is 3. The van der Waals surface area contributed by atoms with Gasteiger partial charge in [-0.2, -0.15) is 0 Å². The maximum Gasteiger partial charge on any atom is 0.261 e. The molecule has 1 saturated heterocycles. The number of amides is 2. The standard InChI is InChI=1S/C7H11F2N3O2/c8-4(9)7(6(14)12-10)2-1-3-11-5(7)13/h4H,1-3,10H2,(H,11,13)(H,12,14). The second kappa shape index (κ2) is 3.87. The van der Waals surface area contributed by atoms with Gasteiger partial charge in [-0.25, -0.2) is 14.6 Å². The highest BCUT2D eigenvalue weighted by Gasteiger charge is 2.54. The Kier molecular flexibility index (Phi) is 3.00. The SMILES string of the molecule is NNC(=O)C1(C(F)F)CCCNC1=O. The number of hydrogen-bond acceptors (Lipinski definition) is 3. The summed E-state index contributed by atoms with van der Waals surface area (Å²) in [6, 6.07) is 0. The maximum atomic E-state index is 12.7. The van der Waals surface area contributed by atoms with Crippen LogP contribution in [0, 0.1) is 5.41 Å². The Hall–Kier alpha value is -1.24. The molecule has 1 aliphatic heterocycles. The summed E-state index contributed by atoms with van der Waals surface area (Å²) in [5.41, 5.74) is -0.705. The van der Waals surface area contributed by atoms with Crippen molar-refractivity contribution < 1.29 is 18.4 Å². The summed E-state index contributed by atoms with van der Waals surface area (Å²) in [6.07, 6.45) is -2.89. The average molecular weight is 207 g/mol. The minimum absolute atomic E-state index is 0.181. The summed E-state index contributed by atoms with van der Waals surface area (Å²) < 4.78 is 25.4. The van der Waals surface area contributed by atoms with Crippen molar-refractivity contribution in [1.29, 1.82) is 0 Å². The van der Waals surface area contributed by atoms with Gasteiger partial charge in [0.25, 0.3) is 12.3 Å². The second-order valence-electron chi connectivity index (χ2n) is 3.10. The first-order chi connectivity index (χ1) is 6.55. The molecule has 0 saturated carbocycles. The van der Waals surface area contributed by atoms with Crippen LogP contribution >= 0.6 is 0 Å². The molecule has 0 bridgehead atoms. The zero-order valence-electron chi connectivity index (χ0n) is 7.35. The minimum Gasteiger partial charge on any atom is -0.355 e. The van der Waals surface area contributed by atoms with E-state index in [0.29, 0.717) is 13.0 Å². The van der Waals surface area contributed by atoms with Crippen LogP contribution in [-0.4, -0.2) is 24.8 Å². The van der Waals surface area contributed by atoms with Gasteiger partial charge in [-0.05, 0) is 12.8 Å². The number of carbonyl (C=O) groups is 2. The van der Waals surface area contributed by atoms with Crippen molar-refractivity contribution in [1.82, 2.24) is 10.7 Å². The molecular weight excluding hydrogens is 196 g/mol. The van der Waals surface area contributed by atoms with Crippen molar-refractivity contribution in [2.24, 2.45) is 11.3 Å². The first kappa shape index (κ1) is 10.8. The minimum atomic E-state index is -3.05. The Morgan fingerprint density at radius 1 is 1.64 bits per heavy atom. The molecule has 14 heavy (non-hydrogen) atoms. The molecule has 1 aliphatic rings. The summed E-state index contributed by atoms with van der Waals surface area (Å²) in [4.78, 5) is 22.4. The highest BCUT2D eigenvalue weighted by molar-refractivity contribution is 6.05. The van der Waals surface area contributed by atoms with Crippen LogP contribution in [-0.2, 0) is 9.59 Å². The summed E-state index contributed by atoms with van der Waals surface area (Å²) in [5, 5.41) is 2.23. The highest BCUT2D eigenvalue weighted by atomic mass is 19.3. The van der Waals surface area contributed by atoms with Crippen LogP contribution in [0.3, 0.4) is 0 Å². The molecule has 0 aromatic heterocycles. The lowest BCUT2D eigenvalue weighted by Gasteiger charge is -2.32. The monoisotopic (exact) mass is 207 g/mol. The zero-order chi connectivity index (χ0) is 10.8. The molecule has 1 unspecified atom stereocenters. The normalized spacial score (nSPS) is 27.3. The number of alkyl halides is 2. The molecule has 0 aromatic carbocycles. The van der Waals surface area contributed by atoms with E-state index in [2.05, 4.69) is 5.32 Å². The van der Waals surface area contributed by atoms with E-state index in [-0.39, 0.29) is 6.42 Å². The van der Waals surface area contributed by atoms with E-state index in [0.717, 1.165) is 0 Å². The van der Waals surface area contributed by atoms with E-state index in [1.807, 2.05) is 0 Å². The number of piperidine rings is 1. The van der Waals surface area contributed by atoms with Gasteiger partial charge in [-0.1, -0.05) is 0 Å². The van der Waals surface area contributed by atoms with Gasteiger partial charge in [-0.15, -0.1) is 0 Å². The molecule has 80 valence electrons. The lowest BCUT2D eigenvalue weighted by atomic mass is 9.79. The van der Waals surface area contributed by atoms with E-state index in [9.17, 15) is 18.4 Å². The smallest absolute Gasteiger partial charge is 0.261 e. The van der Waals surface area contributed by atoms with E-state index in [1.54, 1.807) is 5.43 Å². The molecule has 1 heterocycles. The maximum absolute atomic E-state index is 12.7. The van der Waals surface area contributed by atoms with Crippen LogP contribution in [0.4, 0.5) is 8.78 Å². The van der Waals surface area contributed by atoms with Gasteiger partial charge in [-0.3, -0.25) is 15.0 Å². The van der Waals surface area contributed by atoms with Gasteiger partial charge in [0.2, 0.25) is 5.91 Å². The topological polar surface area (TPSA) is 84.2 Å². The molecule has 1 atom stereocenters. The molecule has 1 rings (SSSR count). The number of halogens is 2. The van der Waals surface area contributed by atoms with Crippen molar-refractivity contribution in [3.63, 3.8) is 0 Å². The summed E-state index contributed by atoms with van der Waals surface area (Å²) >= 11 is 0. The first-order valence-electron chi connectivity index (χ1n) is 4.13. The van der Waals surface area contributed by atoms with Gasteiger partial charge in [0.1, 0.15) is 0 Å². The zero-order valence-corrected chi connectivity index (χ0v) is 7.35. The second-order valence-corrected chi connectivity index (χ2v) is 3.10. The average Bonchev–Trinajstić information content (AvgIpc) is 2.17. The molecule has 0 aromatic rings. The predicted molar refractivity (Wildman–Crippen MR) is 43.0 cm³/mol. The third-order valence-electron chi connectivity index (χ3n) is 2.35. The molecule has 1 fully saturated rings. The van der Waals surface area contributed by atoms with Crippen LogP contribution < -0.4 is 16.6 Å². The summed E-state index contributed by atoms with van der Waals surface area (Å²) in [5.74, 6) is 2.68. The third-order valence-corrected chi connectivity index (χ3v) is 2.35. The van der Waals surface area contributed by atoms with E-state index in [1.165, 1.54) is 0 Å². The van der Waals surface area contributed by atoms with Crippen LogP contribution in [0.15, 0.2) is 0 Å². The molecule has 7 heteroatoms. The number of rotatable bonds is 2. The van der Waals surface area contributed by atoms with Crippen LogP contribution in [0.5, 0.6) is 0 Å². The van der Waals surface area contributed by atoms with Gasteiger partial charge < -0.3 is 5.32 Å². The first-order valence-corrected chi connectivity index (χ1v) is 4.13. The lowest BCUT2D eigenvalue weighted by Crippen LogP contribution is -2.59. The molecule has 5 nitrogen and oxygen atoms in total. The molecular formula is C7H11F2N3O2. The lowest BCUT2D eigenvalue weighted by molar-refractivity contribution is -0.157. The molecule has 0 aliphatic carbocycles. The van der Waals surface area contributed by atoms with Crippen molar-refractivity contribution in [2.45, 2.75) is 19.3 Å². The summed E-state index contributed by atoms with van der Waals surface area (Å²) in [6.45, 7) is 0.311. The Balaban J connectivity index is 3.01. The third kappa shape index (κ3) is 1.43. The fourth-order valence-electron chi connectivity index (χ4n) is 1.49. The largest absolute Gasteiger partial charge is 0.355 e.